The van der Waals surface area contributed by atoms with Gasteiger partial charge in [-0.2, -0.15) is 0 Å². The van der Waals surface area contributed by atoms with Crippen LogP contribution in [-0.4, -0.2) is 30.7 Å². The molecule has 0 aromatic heterocycles. The number of amides is 1. The van der Waals surface area contributed by atoms with Crippen LogP contribution in [0.3, 0.4) is 0 Å². The Bertz CT molecular complexity index is 445. The predicted molar refractivity (Wildman–Crippen MR) is 80.0 cm³/mol. The molecular formula is C15H21ClFNO3. The molecule has 0 spiro atoms. The van der Waals surface area contributed by atoms with Crippen LogP contribution in [0.5, 0.6) is 0 Å². The van der Waals surface area contributed by atoms with Crippen molar-refractivity contribution in [3.63, 3.8) is 0 Å². The SMILES string of the molecule is CC(C)(C)OC(=O)NCC(OCCCl)c1ccc(F)cc1. The molecule has 0 fully saturated rings. The molecule has 0 aliphatic heterocycles. The van der Waals surface area contributed by atoms with Crippen molar-refractivity contribution in [1.29, 1.82) is 0 Å². The summed E-state index contributed by atoms with van der Waals surface area (Å²) in [5.74, 6) is 0.0133. The van der Waals surface area contributed by atoms with E-state index >= 15 is 0 Å². The molecule has 1 aromatic rings. The highest BCUT2D eigenvalue weighted by molar-refractivity contribution is 6.17. The van der Waals surface area contributed by atoms with E-state index in [0.29, 0.717) is 12.5 Å². The number of alkyl carbamates (subject to hydrolysis) is 1. The number of alkyl halides is 1. The van der Waals surface area contributed by atoms with E-state index in [1.165, 1.54) is 12.1 Å². The lowest BCUT2D eigenvalue weighted by molar-refractivity contribution is 0.0383. The largest absolute Gasteiger partial charge is 0.444 e. The normalized spacial score (nSPS) is 12.8. The smallest absolute Gasteiger partial charge is 0.407 e. The van der Waals surface area contributed by atoms with Gasteiger partial charge in [-0.15, -0.1) is 11.6 Å². The second-order valence-corrected chi connectivity index (χ2v) is 5.86. The maximum absolute atomic E-state index is 13.0. The highest BCUT2D eigenvalue weighted by Crippen LogP contribution is 2.17. The monoisotopic (exact) mass is 317 g/mol. The summed E-state index contributed by atoms with van der Waals surface area (Å²) < 4.78 is 23.7. The standard InChI is InChI=1S/C15H21ClFNO3/c1-15(2,3)21-14(19)18-10-13(20-9-8-16)11-4-6-12(17)7-5-11/h4-7,13H,8-10H2,1-3H3,(H,18,19). The number of hydrogen-bond donors (Lipinski definition) is 1. The summed E-state index contributed by atoms with van der Waals surface area (Å²) in [4.78, 5) is 11.6. The molecular weight excluding hydrogens is 297 g/mol. The quantitative estimate of drug-likeness (QED) is 0.815. The molecule has 1 N–H and O–H groups in total. The van der Waals surface area contributed by atoms with Gasteiger partial charge in [0.2, 0.25) is 0 Å². The minimum atomic E-state index is -0.563. The number of rotatable bonds is 6. The minimum Gasteiger partial charge on any atom is -0.444 e. The molecule has 1 unspecified atom stereocenters. The van der Waals surface area contributed by atoms with Crippen molar-refractivity contribution in [2.75, 3.05) is 19.0 Å². The molecule has 21 heavy (non-hydrogen) atoms. The van der Waals surface area contributed by atoms with Crippen molar-refractivity contribution in [2.45, 2.75) is 32.5 Å². The lowest BCUT2D eigenvalue weighted by Crippen LogP contribution is -2.35. The average molecular weight is 318 g/mol. The summed E-state index contributed by atoms with van der Waals surface area (Å²) in [5.41, 5.74) is 0.199. The third kappa shape index (κ3) is 7.29. The zero-order chi connectivity index (χ0) is 15.9. The molecule has 4 nitrogen and oxygen atoms in total. The molecule has 0 aliphatic rings. The first-order valence-electron chi connectivity index (χ1n) is 6.71. The Kier molecular flexibility index (Phi) is 6.92. The van der Waals surface area contributed by atoms with E-state index in [9.17, 15) is 9.18 Å². The third-order valence-corrected chi connectivity index (χ3v) is 2.62. The summed E-state index contributed by atoms with van der Waals surface area (Å²) in [5, 5.41) is 2.64. The second-order valence-electron chi connectivity index (χ2n) is 5.48. The number of carbonyl (C=O) groups excluding carboxylic acids is 1. The Morgan fingerprint density at radius 3 is 2.48 bits per heavy atom. The van der Waals surface area contributed by atoms with Crippen LogP contribution in [0, 0.1) is 5.82 Å². The number of halogens is 2. The molecule has 118 valence electrons. The first-order chi connectivity index (χ1) is 9.81. The van der Waals surface area contributed by atoms with Crippen LogP contribution in [0.25, 0.3) is 0 Å². The first kappa shape index (κ1) is 17.7. The molecule has 0 aliphatic carbocycles. The van der Waals surface area contributed by atoms with Crippen molar-refractivity contribution in [3.05, 3.63) is 35.6 Å². The van der Waals surface area contributed by atoms with Gasteiger partial charge in [-0.3, -0.25) is 0 Å². The van der Waals surface area contributed by atoms with Gasteiger partial charge in [0.15, 0.2) is 0 Å². The molecule has 0 saturated heterocycles. The highest BCUT2D eigenvalue weighted by atomic mass is 35.5. The van der Waals surface area contributed by atoms with Gasteiger partial charge in [-0.25, -0.2) is 9.18 Å². The van der Waals surface area contributed by atoms with E-state index in [-0.39, 0.29) is 12.4 Å². The van der Waals surface area contributed by atoms with Gasteiger partial charge < -0.3 is 14.8 Å². The maximum Gasteiger partial charge on any atom is 0.407 e. The molecule has 0 bridgehead atoms. The summed E-state index contributed by atoms with van der Waals surface area (Å²) in [7, 11) is 0. The third-order valence-electron chi connectivity index (χ3n) is 2.47. The summed E-state index contributed by atoms with van der Waals surface area (Å²) in [6.07, 6.45) is -0.930. The topological polar surface area (TPSA) is 47.6 Å². The second kappa shape index (κ2) is 8.20. The zero-order valence-corrected chi connectivity index (χ0v) is 13.2. The molecule has 1 rings (SSSR count). The Morgan fingerprint density at radius 2 is 1.95 bits per heavy atom. The Labute approximate surface area is 129 Å². The fourth-order valence-corrected chi connectivity index (χ4v) is 1.72. The fourth-order valence-electron chi connectivity index (χ4n) is 1.63. The van der Waals surface area contributed by atoms with Gasteiger partial charge in [-0.1, -0.05) is 12.1 Å². The average Bonchev–Trinajstić information content (AvgIpc) is 2.38. The van der Waals surface area contributed by atoms with Crippen LogP contribution in [0.1, 0.15) is 32.4 Å². The van der Waals surface area contributed by atoms with Crippen molar-refractivity contribution in [1.82, 2.24) is 5.32 Å². The van der Waals surface area contributed by atoms with Crippen molar-refractivity contribution in [2.24, 2.45) is 0 Å². The number of nitrogens with one attached hydrogen (secondary N) is 1. The van der Waals surface area contributed by atoms with Gasteiger partial charge in [0.05, 0.1) is 19.3 Å². The van der Waals surface area contributed by atoms with E-state index < -0.39 is 17.8 Å². The zero-order valence-electron chi connectivity index (χ0n) is 12.5. The van der Waals surface area contributed by atoms with Crippen LogP contribution in [0.2, 0.25) is 0 Å². The van der Waals surface area contributed by atoms with Gasteiger partial charge in [0.1, 0.15) is 11.4 Å². The minimum absolute atomic E-state index is 0.220. The van der Waals surface area contributed by atoms with Crippen molar-refractivity contribution in [3.8, 4) is 0 Å². The van der Waals surface area contributed by atoms with Crippen LogP contribution in [0.4, 0.5) is 9.18 Å². The van der Waals surface area contributed by atoms with Gasteiger partial charge in [0.25, 0.3) is 0 Å². The summed E-state index contributed by atoms with van der Waals surface area (Å²) in [6.45, 7) is 5.91. The van der Waals surface area contributed by atoms with Crippen molar-refractivity contribution < 1.29 is 18.7 Å². The molecule has 6 heteroatoms. The Hall–Kier alpha value is -1.33. The van der Waals surface area contributed by atoms with Gasteiger partial charge >= 0.3 is 6.09 Å². The Morgan fingerprint density at radius 1 is 1.33 bits per heavy atom. The summed E-state index contributed by atoms with van der Waals surface area (Å²) in [6, 6.07) is 5.93. The van der Waals surface area contributed by atoms with Crippen LogP contribution >= 0.6 is 11.6 Å². The van der Waals surface area contributed by atoms with Crippen LogP contribution in [0.15, 0.2) is 24.3 Å². The number of benzene rings is 1. The number of ether oxygens (including phenoxy) is 2. The van der Waals surface area contributed by atoms with E-state index in [2.05, 4.69) is 5.32 Å². The molecule has 1 aromatic carbocycles. The van der Waals surface area contributed by atoms with Crippen LogP contribution < -0.4 is 5.32 Å². The van der Waals surface area contributed by atoms with Crippen molar-refractivity contribution >= 4 is 17.7 Å². The molecule has 0 heterocycles. The van der Waals surface area contributed by atoms with Gasteiger partial charge in [-0.05, 0) is 38.5 Å². The molecule has 1 atom stereocenters. The lowest BCUT2D eigenvalue weighted by Gasteiger charge is -2.22. The maximum atomic E-state index is 13.0. The number of hydrogen-bond acceptors (Lipinski definition) is 3. The van der Waals surface area contributed by atoms with E-state index in [4.69, 9.17) is 21.1 Å². The predicted octanol–water partition coefficient (Wildman–Crippen LogP) is 3.65. The summed E-state index contributed by atoms with van der Waals surface area (Å²) >= 11 is 5.61. The first-order valence-corrected chi connectivity index (χ1v) is 7.25. The van der Waals surface area contributed by atoms with Gasteiger partial charge in [0, 0.05) is 5.88 Å². The van der Waals surface area contributed by atoms with Crippen LogP contribution in [-0.2, 0) is 9.47 Å². The van der Waals surface area contributed by atoms with E-state index in [0.717, 1.165) is 5.56 Å². The highest BCUT2D eigenvalue weighted by Gasteiger charge is 2.18. The van der Waals surface area contributed by atoms with E-state index in [1.54, 1.807) is 32.9 Å². The van der Waals surface area contributed by atoms with E-state index in [1.807, 2.05) is 0 Å². The lowest BCUT2D eigenvalue weighted by atomic mass is 10.1. The Balaban J connectivity index is 2.62. The number of carbonyl (C=O) groups is 1. The fraction of sp³-hybridized carbons (Fsp3) is 0.533. The molecule has 0 saturated carbocycles. The molecule has 0 radical (unpaired) electrons. The molecule has 1 amide bonds.